The molecule has 3 heteroatoms. The maximum absolute atomic E-state index is 6.29. The Labute approximate surface area is 103 Å². The van der Waals surface area contributed by atoms with Crippen molar-refractivity contribution in [2.24, 2.45) is 5.73 Å². The number of fused-ring (bicyclic) bond motifs is 1. The molecule has 0 amide bonds. The Kier molecular flexibility index (Phi) is 2.90. The van der Waals surface area contributed by atoms with Crippen molar-refractivity contribution in [3.8, 4) is 0 Å². The van der Waals surface area contributed by atoms with Crippen LogP contribution in [0.15, 0.2) is 24.3 Å². The normalized spacial score (nSPS) is 28.5. The van der Waals surface area contributed by atoms with Gasteiger partial charge in [-0.2, -0.15) is 0 Å². The van der Waals surface area contributed by atoms with Gasteiger partial charge in [0.1, 0.15) is 0 Å². The highest BCUT2D eigenvalue weighted by molar-refractivity contribution is 5.30. The molecule has 1 aromatic rings. The molecule has 0 aliphatic carbocycles. The van der Waals surface area contributed by atoms with Gasteiger partial charge < -0.3 is 10.5 Å². The first-order valence-electron chi connectivity index (χ1n) is 6.41. The molecule has 1 fully saturated rings. The molecule has 0 radical (unpaired) electrons. The highest BCUT2D eigenvalue weighted by Crippen LogP contribution is 2.25. The molecule has 1 atom stereocenters. The number of nitrogens with zero attached hydrogens (tertiary/aromatic N) is 1. The lowest BCUT2D eigenvalue weighted by Crippen LogP contribution is -2.43. The van der Waals surface area contributed by atoms with Gasteiger partial charge in [-0.05, 0) is 24.0 Å². The lowest BCUT2D eigenvalue weighted by Gasteiger charge is -2.25. The second kappa shape index (κ2) is 4.41. The molecular weight excluding hydrogens is 212 g/mol. The van der Waals surface area contributed by atoms with Crippen LogP contribution < -0.4 is 5.73 Å². The number of hydrogen-bond acceptors (Lipinski definition) is 3. The molecule has 2 aliphatic heterocycles. The van der Waals surface area contributed by atoms with Crippen molar-refractivity contribution >= 4 is 0 Å². The minimum absolute atomic E-state index is 0.0746. The van der Waals surface area contributed by atoms with Gasteiger partial charge in [0.15, 0.2) is 0 Å². The average molecular weight is 232 g/mol. The van der Waals surface area contributed by atoms with Crippen LogP contribution in [0.2, 0.25) is 0 Å². The highest BCUT2D eigenvalue weighted by Gasteiger charge is 2.31. The minimum Gasteiger partial charge on any atom is -0.379 e. The predicted octanol–water partition coefficient (Wildman–Crippen LogP) is 1.51. The summed E-state index contributed by atoms with van der Waals surface area (Å²) in [5.41, 5.74) is 9.16. The van der Waals surface area contributed by atoms with Gasteiger partial charge in [0.2, 0.25) is 0 Å². The Morgan fingerprint density at radius 3 is 2.53 bits per heavy atom. The van der Waals surface area contributed by atoms with Gasteiger partial charge in [0.25, 0.3) is 0 Å². The van der Waals surface area contributed by atoms with Crippen molar-refractivity contribution in [3.63, 3.8) is 0 Å². The number of hydrogen-bond donors (Lipinski definition) is 1. The van der Waals surface area contributed by atoms with Gasteiger partial charge >= 0.3 is 0 Å². The summed E-state index contributed by atoms with van der Waals surface area (Å²) in [6.07, 6.45) is 2.05. The second-order valence-corrected chi connectivity index (χ2v) is 5.39. The Balaban J connectivity index is 1.55. The van der Waals surface area contributed by atoms with E-state index in [2.05, 4.69) is 29.2 Å². The molecule has 2 aliphatic rings. The molecule has 1 unspecified atom stereocenters. The van der Waals surface area contributed by atoms with E-state index >= 15 is 0 Å². The van der Waals surface area contributed by atoms with Gasteiger partial charge in [-0.25, -0.2) is 0 Å². The summed E-state index contributed by atoms with van der Waals surface area (Å²) in [5.74, 6) is 0. The molecule has 1 aromatic carbocycles. The zero-order chi connectivity index (χ0) is 11.7. The number of nitrogens with two attached hydrogens (primary N) is 1. The molecule has 1 saturated heterocycles. The maximum Gasteiger partial charge on any atom is 0.0647 e. The van der Waals surface area contributed by atoms with E-state index in [4.69, 9.17) is 10.5 Å². The van der Waals surface area contributed by atoms with Crippen LogP contribution in [0.5, 0.6) is 0 Å². The third-order valence-electron chi connectivity index (χ3n) is 3.97. The molecule has 0 bridgehead atoms. The lowest BCUT2D eigenvalue weighted by molar-refractivity contribution is 0.167. The van der Waals surface area contributed by atoms with Crippen LogP contribution in [0.3, 0.4) is 0 Å². The van der Waals surface area contributed by atoms with Gasteiger partial charge in [0.05, 0.1) is 6.61 Å². The Morgan fingerprint density at radius 1 is 1.24 bits per heavy atom. The summed E-state index contributed by atoms with van der Waals surface area (Å²) < 4.78 is 5.39. The molecule has 3 rings (SSSR count). The SMILES string of the molecule is NC1(CCN2Cc3ccccc3C2)CCOC1. The summed E-state index contributed by atoms with van der Waals surface area (Å²) in [6.45, 7) is 4.79. The molecule has 0 saturated carbocycles. The van der Waals surface area contributed by atoms with E-state index in [0.29, 0.717) is 0 Å². The summed E-state index contributed by atoms with van der Waals surface area (Å²) in [5, 5.41) is 0. The van der Waals surface area contributed by atoms with Crippen molar-refractivity contribution in [1.82, 2.24) is 4.90 Å². The first kappa shape index (κ1) is 11.2. The van der Waals surface area contributed by atoms with Crippen LogP contribution in [0.1, 0.15) is 24.0 Å². The quantitative estimate of drug-likeness (QED) is 0.858. The van der Waals surface area contributed by atoms with Crippen molar-refractivity contribution < 1.29 is 4.74 Å². The van der Waals surface area contributed by atoms with E-state index < -0.39 is 0 Å². The van der Waals surface area contributed by atoms with E-state index in [1.165, 1.54) is 11.1 Å². The van der Waals surface area contributed by atoms with Crippen molar-refractivity contribution in [3.05, 3.63) is 35.4 Å². The zero-order valence-electron chi connectivity index (χ0n) is 10.2. The Hall–Kier alpha value is -0.900. The fourth-order valence-electron chi connectivity index (χ4n) is 2.76. The molecule has 92 valence electrons. The summed E-state index contributed by atoms with van der Waals surface area (Å²) >= 11 is 0. The molecule has 0 aromatic heterocycles. The molecule has 2 heterocycles. The fourth-order valence-corrected chi connectivity index (χ4v) is 2.76. The topological polar surface area (TPSA) is 38.5 Å². The molecule has 3 nitrogen and oxygen atoms in total. The van der Waals surface area contributed by atoms with E-state index in [1.54, 1.807) is 0 Å². The van der Waals surface area contributed by atoms with Crippen LogP contribution in [0, 0.1) is 0 Å². The maximum atomic E-state index is 6.29. The first-order chi connectivity index (χ1) is 8.25. The Morgan fingerprint density at radius 2 is 1.94 bits per heavy atom. The van der Waals surface area contributed by atoms with E-state index in [-0.39, 0.29) is 5.54 Å². The smallest absolute Gasteiger partial charge is 0.0647 e. The van der Waals surface area contributed by atoms with Crippen LogP contribution in [0.25, 0.3) is 0 Å². The van der Waals surface area contributed by atoms with E-state index in [1.807, 2.05) is 0 Å². The molecular formula is C14H20N2O. The van der Waals surface area contributed by atoms with Gasteiger partial charge in [-0.15, -0.1) is 0 Å². The summed E-state index contributed by atoms with van der Waals surface area (Å²) in [6, 6.07) is 8.70. The van der Waals surface area contributed by atoms with Crippen LogP contribution >= 0.6 is 0 Å². The number of ether oxygens (including phenoxy) is 1. The standard InChI is InChI=1S/C14H20N2O/c15-14(6-8-17-11-14)5-7-16-9-12-3-1-2-4-13(12)10-16/h1-4H,5-11,15H2. The van der Waals surface area contributed by atoms with E-state index in [0.717, 1.165) is 45.7 Å². The van der Waals surface area contributed by atoms with Crippen LogP contribution in [-0.2, 0) is 17.8 Å². The average Bonchev–Trinajstić information content (AvgIpc) is 2.93. The molecule has 0 spiro atoms. The fraction of sp³-hybridized carbons (Fsp3) is 0.571. The van der Waals surface area contributed by atoms with Crippen LogP contribution in [-0.4, -0.2) is 30.2 Å². The monoisotopic (exact) mass is 232 g/mol. The lowest BCUT2D eigenvalue weighted by atomic mass is 9.96. The third kappa shape index (κ3) is 2.37. The first-order valence-corrected chi connectivity index (χ1v) is 6.41. The number of benzene rings is 1. The number of rotatable bonds is 3. The van der Waals surface area contributed by atoms with Crippen molar-refractivity contribution in [2.75, 3.05) is 19.8 Å². The largest absolute Gasteiger partial charge is 0.379 e. The van der Waals surface area contributed by atoms with Gasteiger partial charge in [-0.1, -0.05) is 24.3 Å². The van der Waals surface area contributed by atoms with Crippen molar-refractivity contribution in [2.45, 2.75) is 31.5 Å². The predicted molar refractivity (Wildman–Crippen MR) is 67.5 cm³/mol. The zero-order valence-corrected chi connectivity index (χ0v) is 10.2. The molecule has 17 heavy (non-hydrogen) atoms. The van der Waals surface area contributed by atoms with Gasteiger partial charge in [0, 0.05) is 31.8 Å². The summed E-state index contributed by atoms with van der Waals surface area (Å²) in [7, 11) is 0. The Bertz CT molecular complexity index is 374. The second-order valence-electron chi connectivity index (χ2n) is 5.39. The highest BCUT2D eigenvalue weighted by atomic mass is 16.5. The molecule has 2 N–H and O–H groups in total. The van der Waals surface area contributed by atoms with Crippen molar-refractivity contribution in [1.29, 1.82) is 0 Å². The van der Waals surface area contributed by atoms with Crippen LogP contribution in [0.4, 0.5) is 0 Å². The summed E-state index contributed by atoms with van der Waals surface area (Å²) in [4.78, 5) is 2.48. The van der Waals surface area contributed by atoms with Gasteiger partial charge in [-0.3, -0.25) is 4.90 Å². The third-order valence-corrected chi connectivity index (χ3v) is 3.97. The minimum atomic E-state index is -0.0746. The van der Waals surface area contributed by atoms with E-state index in [9.17, 15) is 0 Å².